The van der Waals surface area contributed by atoms with E-state index >= 15 is 0 Å². The van der Waals surface area contributed by atoms with Crippen LogP contribution in [0.3, 0.4) is 0 Å². The van der Waals surface area contributed by atoms with Crippen LogP contribution < -0.4 is 5.73 Å². The Labute approximate surface area is 109 Å². The van der Waals surface area contributed by atoms with E-state index in [0.29, 0.717) is 24.8 Å². The average Bonchev–Trinajstić information content (AvgIpc) is 2.52. The molecule has 2 fully saturated rings. The minimum absolute atomic E-state index is 0.00551. The molecule has 0 aromatic rings. The van der Waals surface area contributed by atoms with E-state index in [0.717, 1.165) is 32.2 Å². The fourth-order valence-electron chi connectivity index (χ4n) is 3.12. The van der Waals surface area contributed by atoms with E-state index in [1.807, 2.05) is 13.8 Å². The first-order chi connectivity index (χ1) is 8.44. The van der Waals surface area contributed by atoms with Gasteiger partial charge in [0.2, 0.25) is 11.8 Å². The Balaban J connectivity index is 1.91. The molecule has 1 aliphatic carbocycles. The summed E-state index contributed by atoms with van der Waals surface area (Å²) in [6, 6.07) is 0. The Morgan fingerprint density at radius 3 is 2.17 bits per heavy atom. The SMILES string of the molecule is CC1(C)CC(=O)N(CC2CCC(CN)CC2)C1=O. The number of amides is 2. The molecule has 2 rings (SSSR count). The molecule has 4 nitrogen and oxygen atoms in total. The zero-order chi connectivity index (χ0) is 13.3. The van der Waals surface area contributed by atoms with Gasteiger partial charge in [-0.15, -0.1) is 0 Å². The second-order valence-electron chi connectivity index (χ2n) is 6.49. The number of nitrogens with zero attached hydrogens (tertiary/aromatic N) is 1. The molecule has 2 N–H and O–H groups in total. The van der Waals surface area contributed by atoms with Crippen LogP contribution >= 0.6 is 0 Å². The highest BCUT2D eigenvalue weighted by Gasteiger charge is 2.45. The van der Waals surface area contributed by atoms with Gasteiger partial charge >= 0.3 is 0 Å². The van der Waals surface area contributed by atoms with Crippen molar-refractivity contribution in [2.24, 2.45) is 23.0 Å². The first-order valence-electron chi connectivity index (χ1n) is 6.99. The van der Waals surface area contributed by atoms with Crippen molar-refractivity contribution in [1.82, 2.24) is 4.90 Å². The maximum absolute atomic E-state index is 12.1. The topological polar surface area (TPSA) is 63.4 Å². The summed E-state index contributed by atoms with van der Waals surface area (Å²) in [7, 11) is 0. The summed E-state index contributed by atoms with van der Waals surface area (Å²) in [5.74, 6) is 1.14. The molecule has 0 bridgehead atoms. The lowest BCUT2D eigenvalue weighted by molar-refractivity contribution is -0.141. The quantitative estimate of drug-likeness (QED) is 0.775. The Bertz CT molecular complexity index is 344. The zero-order valence-corrected chi connectivity index (χ0v) is 11.4. The second kappa shape index (κ2) is 5.00. The summed E-state index contributed by atoms with van der Waals surface area (Å²) in [5, 5.41) is 0. The molecule has 1 heterocycles. The van der Waals surface area contributed by atoms with Gasteiger partial charge in [0.25, 0.3) is 0 Å². The highest BCUT2D eigenvalue weighted by atomic mass is 16.2. The fraction of sp³-hybridized carbons (Fsp3) is 0.857. The maximum Gasteiger partial charge on any atom is 0.235 e. The summed E-state index contributed by atoms with van der Waals surface area (Å²) < 4.78 is 0. The van der Waals surface area contributed by atoms with Crippen LogP contribution in [0.2, 0.25) is 0 Å². The molecule has 1 aliphatic heterocycles. The molecular weight excluding hydrogens is 228 g/mol. The van der Waals surface area contributed by atoms with Crippen LogP contribution in [-0.2, 0) is 9.59 Å². The molecule has 0 aromatic heterocycles. The van der Waals surface area contributed by atoms with Crippen molar-refractivity contribution < 1.29 is 9.59 Å². The summed E-state index contributed by atoms with van der Waals surface area (Å²) in [4.78, 5) is 25.5. The molecule has 2 aliphatic rings. The number of hydrogen-bond acceptors (Lipinski definition) is 3. The van der Waals surface area contributed by atoms with E-state index in [4.69, 9.17) is 5.73 Å². The molecule has 2 amide bonds. The number of nitrogens with two attached hydrogens (primary N) is 1. The highest BCUT2D eigenvalue weighted by molar-refractivity contribution is 6.05. The van der Waals surface area contributed by atoms with Crippen LogP contribution in [0.5, 0.6) is 0 Å². The third-order valence-corrected chi connectivity index (χ3v) is 4.46. The summed E-state index contributed by atoms with van der Waals surface area (Å²) in [6.07, 6.45) is 4.84. The van der Waals surface area contributed by atoms with E-state index < -0.39 is 5.41 Å². The average molecular weight is 252 g/mol. The van der Waals surface area contributed by atoms with Crippen molar-refractivity contribution in [1.29, 1.82) is 0 Å². The second-order valence-corrected chi connectivity index (χ2v) is 6.49. The number of rotatable bonds is 3. The Kier molecular flexibility index (Phi) is 3.76. The smallest absolute Gasteiger partial charge is 0.235 e. The molecule has 0 atom stereocenters. The maximum atomic E-state index is 12.1. The van der Waals surface area contributed by atoms with Crippen molar-refractivity contribution in [2.45, 2.75) is 46.0 Å². The van der Waals surface area contributed by atoms with Crippen LogP contribution in [0.25, 0.3) is 0 Å². The highest BCUT2D eigenvalue weighted by Crippen LogP contribution is 2.35. The minimum Gasteiger partial charge on any atom is -0.330 e. The molecule has 18 heavy (non-hydrogen) atoms. The number of carbonyl (C=O) groups excluding carboxylic acids is 2. The van der Waals surface area contributed by atoms with E-state index in [1.165, 1.54) is 4.90 Å². The lowest BCUT2D eigenvalue weighted by atomic mass is 9.82. The monoisotopic (exact) mass is 252 g/mol. The lowest BCUT2D eigenvalue weighted by Gasteiger charge is -2.30. The van der Waals surface area contributed by atoms with Gasteiger partial charge in [-0.1, -0.05) is 13.8 Å². The van der Waals surface area contributed by atoms with Gasteiger partial charge in [-0.25, -0.2) is 0 Å². The van der Waals surface area contributed by atoms with Crippen LogP contribution in [0.15, 0.2) is 0 Å². The third-order valence-electron chi connectivity index (χ3n) is 4.46. The van der Waals surface area contributed by atoms with Crippen LogP contribution in [-0.4, -0.2) is 29.8 Å². The number of carbonyl (C=O) groups is 2. The molecule has 0 spiro atoms. The first-order valence-corrected chi connectivity index (χ1v) is 6.99. The number of likely N-dealkylation sites (tertiary alicyclic amines) is 1. The fourth-order valence-corrected chi connectivity index (χ4v) is 3.12. The molecule has 0 unspecified atom stereocenters. The van der Waals surface area contributed by atoms with Gasteiger partial charge in [0.1, 0.15) is 0 Å². The summed E-state index contributed by atoms with van der Waals surface area (Å²) in [6.45, 7) is 5.11. The summed E-state index contributed by atoms with van der Waals surface area (Å²) in [5.41, 5.74) is 5.18. The van der Waals surface area contributed by atoms with E-state index in [9.17, 15) is 9.59 Å². The van der Waals surface area contributed by atoms with E-state index in [1.54, 1.807) is 0 Å². The Hall–Kier alpha value is -0.900. The largest absolute Gasteiger partial charge is 0.330 e. The van der Waals surface area contributed by atoms with Crippen molar-refractivity contribution in [2.75, 3.05) is 13.1 Å². The number of hydrogen-bond donors (Lipinski definition) is 1. The summed E-state index contributed by atoms with van der Waals surface area (Å²) >= 11 is 0. The van der Waals surface area contributed by atoms with Crippen LogP contribution in [0.1, 0.15) is 46.0 Å². The van der Waals surface area contributed by atoms with Crippen molar-refractivity contribution >= 4 is 11.8 Å². The molecule has 0 radical (unpaired) electrons. The predicted molar refractivity (Wildman–Crippen MR) is 69.6 cm³/mol. The van der Waals surface area contributed by atoms with Gasteiger partial charge in [0.05, 0.1) is 5.41 Å². The Morgan fingerprint density at radius 2 is 1.72 bits per heavy atom. The molecule has 1 saturated carbocycles. The van der Waals surface area contributed by atoms with E-state index in [-0.39, 0.29) is 11.8 Å². The lowest BCUT2D eigenvalue weighted by Crippen LogP contribution is -2.38. The number of imide groups is 1. The minimum atomic E-state index is -0.494. The normalized spacial score (nSPS) is 32.1. The molecule has 1 saturated heterocycles. The standard InChI is InChI=1S/C14H24N2O2/c1-14(2)7-12(17)16(13(14)18)9-11-5-3-10(8-15)4-6-11/h10-11H,3-9,15H2,1-2H3. The van der Waals surface area contributed by atoms with Crippen molar-refractivity contribution in [3.05, 3.63) is 0 Å². The zero-order valence-electron chi connectivity index (χ0n) is 11.4. The van der Waals surface area contributed by atoms with Gasteiger partial charge in [0.15, 0.2) is 0 Å². The predicted octanol–water partition coefficient (Wildman–Crippen LogP) is 1.54. The van der Waals surface area contributed by atoms with Gasteiger partial charge in [-0.05, 0) is 44.1 Å². The molecule has 102 valence electrons. The van der Waals surface area contributed by atoms with Crippen LogP contribution in [0, 0.1) is 17.3 Å². The van der Waals surface area contributed by atoms with Crippen molar-refractivity contribution in [3.8, 4) is 0 Å². The van der Waals surface area contributed by atoms with E-state index in [2.05, 4.69) is 0 Å². The third kappa shape index (κ3) is 2.58. The van der Waals surface area contributed by atoms with Gasteiger partial charge < -0.3 is 5.73 Å². The first kappa shape index (κ1) is 13.5. The van der Waals surface area contributed by atoms with Gasteiger partial charge in [0, 0.05) is 13.0 Å². The Morgan fingerprint density at radius 1 is 1.17 bits per heavy atom. The van der Waals surface area contributed by atoms with Gasteiger partial charge in [-0.3, -0.25) is 14.5 Å². The molecule has 0 aromatic carbocycles. The van der Waals surface area contributed by atoms with Crippen molar-refractivity contribution in [3.63, 3.8) is 0 Å². The molecular formula is C14H24N2O2. The van der Waals surface area contributed by atoms with Crippen LogP contribution in [0.4, 0.5) is 0 Å². The van der Waals surface area contributed by atoms with Gasteiger partial charge in [-0.2, -0.15) is 0 Å². The molecule has 4 heteroatoms.